The van der Waals surface area contributed by atoms with Gasteiger partial charge in [-0.15, -0.1) is 0 Å². The highest BCUT2D eigenvalue weighted by molar-refractivity contribution is 5.35. The summed E-state index contributed by atoms with van der Waals surface area (Å²) in [5, 5.41) is 9.55. The van der Waals surface area contributed by atoms with Gasteiger partial charge in [0.15, 0.2) is 0 Å². The van der Waals surface area contributed by atoms with Gasteiger partial charge in [-0.1, -0.05) is 20.8 Å². The fraction of sp³-hybridized carbons (Fsp3) is 0.571. The Bertz CT molecular complexity index is 367. The molecule has 0 aromatic heterocycles. The lowest BCUT2D eigenvalue weighted by Crippen LogP contribution is -2.12. The first-order valence-corrected chi connectivity index (χ1v) is 5.90. The van der Waals surface area contributed by atoms with Crippen molar-refractivity contribution >= 4 is 0 Å². The molecule has 96 valence electrons. The second-order valence-electron chi connectivity index (χ2n) is 5.52. The summed E-state index contributed by atoms with van der Waals surface area (Å²) in [5.74, 6) is 0.0874. The quantitative estimate of drug-likeness (QED) is 0.869. The maximum atomic E-state index is 13.1. The van der Waals surface area contributed by atoms with E-state index in [1.807, 2.05) is 0 Å². The van der Waals surface area contributed by atoms with Crippen LogP contribution >= 0.6 is 0 Å². The van der Waals surface area contributed by atoms with Crippen LogP contribution in [0.5, 0.6) is 5.75 Å². The molecule has 1 N–H and O–H groups in total. The average molecular weight is 240 g/mol. The van der Waals surface area contributed by atoms with Crippen LogP contribution in [0.15, 0.2) is 18.2 Å². The number of hydrogen-bond donors (Lipinski definition) is 1. The number of aliphatic hydroxyl groups excluding tert-OH is 1. The predicted molar refractivity (Wildman–Crippen MR) is 66.6 cm³/mol. The topological polar surface area (TPSA) is 29.5 Å². The van der Waals surface area contributed by atoms with E-state index in [0.717, 1.165) is 6.42 Å². The third kappa shape index (κ3) is 4.73. The molecular weight excluding hydrogens is 219 g/mol. The van der Waals surface area contributed by atoms with E-state index in [-0.39, 0.29) is 11.2 Å². The van der Waals surface area contributed by atoms with Gasteiger partial charge in [0, 0.05) is 11.6 Å². The molecule has 0 saturated carbocycles. The van der Waals surface area contributed by atoms with E-state index >= 15 is 0 Å². The van der Waals surface area contributed by atoms with Gasteiger partial charge < -0.3 is 9.84 Å². The summed E-state index contributed by atoms with van der Waals surface area (Å²) in [4.78, 5) is 0. The Kier molecular flexibility index (Phi) is 4.52. The van der Waals surface area contributed by atoms with Gasteiger partial charge in [0.1, 0.15) is 11.6 Å². The Hall–Kier alpha value is -1.09. The molecule has 0 fully saturated rings. The molecule has 0 radical (unpaired) electrons. The molecule has 1 rings (SSSR count). The molecular formula is C14H21FO2. The number of hydrogen-bond acceptors (Lipinski definition) is 2. The van der Waals surface area contributed by atoms with Crippen molar-refractivity contribution < 1.29 is 14.2 Å². The monoisotopic (exact) mass is 240 g/mol. The van der Waals surface area contributed by atoms with Crippen molar-refractivity contribution in [3.05, 3.63) is 29.6 Å². The zero-order valence-electron chi connectivity index (χ0n) is 11.0. The maximum Gasteiger partial charge on any atom is 0.127 e. The molecule has 0 aliphatic rings. The molecule has 0 spiro atoms. The molecule has 0 aliphatic heterocycles. The third-order valence-electron chi connectivity index (χ3n) is 2.54. The van der Waals surface area contributed by atoms with Crippen molar-refractivity contribution in [3.63, 3.8) is 0 Å². The van der Waals surface area contributed by atoms with Crippen LogP contribution in [0, 0.1) is 11.2 Å². The second kappa shape index (κ2) is 5.50. The van der Waals surface area contributed by atoms with Crippen LogP contribution in [0.2, 0.25) is 0 Å². The molecule has 1 aromatic carbocycles. The largest absolute Gasteiger partial charge is 0.493 e. The normalized spacial score (nSPS) is 13.5. The van der Waals surface area contributed by atoms with Gasteiger partial charge in [0.25, 0.3) is 0 Å². The molecule has 0 bridgehead atoms. The molecule has 3 heteroatoms. The highest BCUT2D eigenvalue weighted by Gasteiger charge is 2.13. The summed E-state index contributed by atoms with van der Waals surface area (Å²) < 4.78 is 18.7. The Morgan fingerprint density at radius 2 is 2.00 bits per heavy atom. The number of halogens is 1. The summed E-state index contributed by atoms with van der Waals surface area (Å²) in [6, 6.07) is 4.22. The third-order valence-corrected chi connectivity index (χ3v) is 2.54. The van der Waals surface area contributed by atoms with Crippen molar-refractivity contribution in [1.82, 2.24) is 0 Å². The van der Waals surface area contributed by atoms with Crippen LogP contribution in [0.1, 0.15) is 45.8 Å². The summed E-state index contributed by atoms with van der Waals surface area (Å²) in [5.41, 5.74) is 0.804. The smallest absolute Gasteiger partial charge is 0.127 e. The van der Waals surface area contributed by atoms with E-state index in [4.69, 9.17) is 4.74 Å². The lowest BCUT2D eigenvalue weighted by molar-refractivity contribution is 0.186. The second-order valence-corrected chi connectivity index (χ2v) is 5.52. The molecule has 17 heavy (non-hydrogen) atoms. The van der Waals surface area contributed by atoms with Gasteiger partial charge in [0.05, 0.1) is 12.7 Å². The lowest BCUT2D eigenvalue weighted by atomic mass is 9.93. The maximum absolute atomic E-state index is 13.1. The fourth-order valence-corrected chi connectivity index (χ4v) is 1.45. The average Bonchev–Trinajstić information content (AvgIpc) is 2.15. The number of ether oxygens (including phenoxy) is 1. The van der Waals surface area contributed by atoms with Crippen LogP contribution < -0.4 is 4.74 Å². The Balaban J connectivity index is 2.72. The van der Waals surface area contributed by atoms with E-state index < -0.39 is 6.10 Å². The molecule has 0 unspecified atom stereocenters. The highest BCUT2D eigenvalue weighted by Crippen LogP contribution is 2.27. The summed E-state index contributed by atoms with van der Waals surface area (Å²) in [6.07, 6.45) is 0.225. The van der Waals surface area contributed by atoms with Gasteiger partial charge in [-0.2, -0.15) is 0 Å². The predicted octanol–water partition coefficient (Wildman–Crippen LogP) is 3.69. The SMILES string of the molecule is C[C@@H](O)c1ccc(F)cc1OCCC(C)(C)C. The van der Waals surface area contributed by atoms with Crippen LogP contribution in [-0.4, -0.2) is 11.7 Å². The number of aliphatic hydroxyl groups is 1. The molecule has 0 amide bonds. The summed E-state index contributed by atoms with van der Waals surface area (Å²) in [7, 11) is 0. The fourth-order valence-electron chi connectivity index (χ4n) is 1.45. The number of rotatable bonds is 4. The summed E-state index contributed by atoms with van der Waals surface area (Å²) in [6.45, 7) is 8.53. The minimum absolute atomic E-state index is 0.179. The highest BCUT2D eigenvalue weighted by atomic mass is 19.1. The first-order chi connectivity index (χ1) is 7.79. The Morgan fingerprint density at radius 3 is 2.53 bits per heavy atom. The lowest BCUT2D eigenvalue weighted by Gasteiger charge is -2.19. The van der Waals surface area contributed by atoms with Crippen LogP contribution in [-0.2, 0) is 0 Å². The first kappa shape index (κ1) is 14.0. The van der Waals surface area contributed by atoms with Crippen molar-refractivity contribution in [2.75, 3.05) is 6.61 Å². The van der Waals surface area contributed by atoms with E-state index in [1.165, 1.54) is 12.1 Å². The molecule has 0 aliphatic carbocycles. The number of benzene rings is 1. The Morgan fingerprint density at radius 1 is 1.35 bits per heavy atom. The van der Waals surface area contributed by atoms with E-state index in [0.29, 0.717) is 17.9 Å². The molecule has 0 heterocycles. The van der Waals surface area contributed by atoms with Crippen molar-refractivity contribution in [2.45, 2.75) is 40.2 Å². The molecule has 1 aromatic rings. The van der Waals surface area contributed by atoms with E-state index in [1.54, 1.807) is 13.0 Å². The molecule has 1 atom stereocenters. The molecule has 2 nitrogen and oxygen atoms in total. The standard InChI is InChI=1S/C14H21FO2/c1-10(16)12-6-5-11(15)9-13(12)17-8-7-14(2,3)4/h5-6,9-10,16H,7-8H2,1-4H3/t10-/m1/s1. The first-order valence-electron chi connectivity index (χ1n) is 5.90. The van der Waals surface area contributed by atoms with E-state index in [2.05, 4.69) is 20.8 Å². The van der Waals surface area contributed by atoms with Gasteiger partial charge >= 0.3 is 0 Å². The van der Waals surface area contributed by atoms with Crippen molar-refractivity contribution in [1.29, 1.82) is 0 Å². The van der Waals surface area contributed by atoms with Crippen LogP contribution in [0.25, 0.3) is 0 Å². The minimum Gasteiger partial charge on any atom is -0.493 e. The molecule has 0 saturated heterocycles. The van der Waals surface area contributed by atoms with Crippen LogP contribution in [0.4, 0.5) is 4.39 Å². The summed E-state index contributed by atoms with van der Waals surface area (Å²) >= 11 is 0. The van der Waals surface area contributed by atoms with Crippen molar-refractivity contribution in [3.8, 4) is 5.75 Å². The van der Waals surface area contributed by atoms with Gasteiger partial charge in [-0.05, 0) is 30.9 Å². The van der Waals surface area contributed by atoms with Gasteiger partial charge in [-0.3, -0.25) is 0 Å². The minimum atomic E-state index is -0.653. The van der Waals surface area contributed by atoms with E-state index in [9.17, 15) is 9.50 Å². The zero-order chi connectivity index (χ0) is 13.1. The zero-order valence-corrected chi connectivity index (χ0v) is 11.0. The van der Waals surface area contributed by atoms with Crippen LogP contribution in [0.3, 0.4) is 0 Å². The van der Waals surface area contributed by atoms with Gasteiger partial charge in [0.2, 0.25) is 0 Å². The Labute approximate surface area is 102 Å². The van der Waals surface area contributed by atoms with Crippen molar-refractivity contribution in [2.24, 2.45) is 5.41 Å². The van der Waals surface area contributed by atoms with Gasteiger partial charge in [-0.25, -0.2) is 4.39 Å².